The van der Waals surface area contributed by atoms with Crippen LogP contribution in [-0.4, -0.2) is 57.5 Å². The molecule has 0 atom stereocenters. The third-order valence-electron chi connectivity index (χ3n) is 7.46. The molecule has 0 aliphatic carbocycles. The molecule has 1 aromatic heterocycles. The van der Waals surface area contributed by atoms with E-state index in [2.05, 4.69) is 59.8 Å². The number of likely N-dealkylation sites (tertiary alicyclic amines) is 1. The molecule has 3 aromatic rings. The third kappa shape index (κ3) is 10.2. The molecule has 2 aliphatic rings. The summed E-state index contributed by atoms with van der Waals surface area (Å²) >= 11 is 0. The van der Waals surface area contributed by atoms with E-state index >= 15 is 0 Å². The Morgan fingerprint density at radius 1 is 1.06 bits per heavy atom. The number of carbonyl (C=O) groups is 2. The first-order chi connectivity index (χ1) is 22.6. The Bertz CT molecular complexity index is 1520. The Hall–Kier alpha value is -4.64. The van der Waals surface area contributed by atoms with E-state index in [1.165, 1.54) is 34.4 Å². The van der Waals surface area contributed by atoms with Crippen LogP contribution in [0, 0.1) is 13.8 Å². The van der Waals surface area contributed by atoms with Crippen LogP contribution < -0.4 is 4.90 Å². The number of nitrogens with one attached hydrogen (secondary N) is 1. The number of aromatic amines is 1. The SMILES string of the molecule is C=C/C(=C(F)\C(F)=C\F)c1[nH]ncc1CN1CCC2(CC1)CN(c1ccc(C(=O)O)cc1)C(=O)O2.CC.CC.Cc1cccc(C)c1. The largest absolute Gasteiger partial charge is 0.478 e. The zero-order chi connectivity index (χ0) is 35.1. The molecule has 2 saturated heterocycles. The van der Waals surface area contributed by atoms with E-state index < -0.39 is 35.6 Å². The molecule has 2 aliphatic heterocycles. The van der Waals surface area contributed by atoms with Gasteiger partial charge in [-0.25, -0.2) is 22.8 Å². The van der Waals surface area contributed by atoms with E-state index in [9.17, 15) is 22.8 Å². The summed E-state index contributed by atoms with van der Waals surface area (Å²) in [5.41, 5.74) is 3.25. The van der Waals surface area contributed by atoms with Gasteiger partial charge in [0.1, 0.15) is 11.9 Å². The average Bonchev–Trinajstić information content (AvgIpc) is 3.67. The first kappa shape index (κ1) is 38.5. The highest BCUT2D eigenvalue weighted by Gasteiger charge is 2.47. The summed E-state index contributed by atoms with van der Waals surface area (Å²) in [7, 11) is 0. The number of hydrogen-bond donors (Lipinski definition) is 2. The number of halogens is 3. The summed E-state index contributed by atoms with van der Waals surface area (Å²) in [6, 6.07) is 14.5. The van der Waals surface area contributed by atoms with Gasteiger partial charge in [-0.15, -0.1) is 0 Å². The van der Waals surface area contributed by atoms with E-state index in [1.807, 2.05) is 27.7 Å². The Kier molecular flexibility index (Phi) is 15.2. The van der Waals surface area contributed by atoms with Crippen LogP contribution in [-0.2, 0) is 11.3 Å². The number of carboxylic acid groups (broad SMARTS) is 1. The van der Waals surface area contributed by atoms with Crippen molar-refractivity contribution in [3.8, 4) is 0 Å². The number of piperidine rings is 1. The van der Waals surface area contributed by atoms with Crippen molar-refractivity contribution in [2.75, 3.05) is 24.5 Å². The number of nitrogens with zero attached hydrogens (tertiary/aromatic N) is 3. The van der Waals surface area contributed by atoms with Crippen molar-refractivity contribution >= 4 is 23.3 Å². The molecule has 0 bridgehead atoms. The molecule has 2 fully saturated rings. The average molecular weight is 655 g/mol. The van der Waals surface area contributed by atoms with Gasteiger partial charge in [-0.3, -0.25) is 14.9 Å². The van der Waals surface area contributed by atoms with Crippen molar-refractivity contribution < 1.29 is 32.6 Å². The van der Waals surface area contributed by atoms with E-state index in [4.69, 9.17) is 9.84 Å². The Morgan fingerprint density at radius 3 is 2.15 bits per heavy atom. The highest BCUT2D eigenvalue weighted by atomic mass is 19.2. The van der Waals surface area contributed by atoms with Gasteiger partial charge in [0, 0.05) is 49.3 Å². The molecule has 5 rings (SSSR count). The predicted octanol–water partition coefficient (Wildman–Crippen LogP) is 9.10. The fourth-order valence-electron chi connectivity index (χ4n) is 5.17. The lowest BCUT2D eigenvalue weighted by Crippen LogP contribution is -2.46. The minimum atomic E-state index is -1.63. The summed E-state index contributed by atoms with van der Waals surface area (Å²) in [6.45, 7) is 17.5. The molecule has 2 aromatic carbocycles. The minimum Gasteiger partial charge on any atom is -0.478 e. The van der Waals surface area contributed by atoms with Crippen molar-refractivity contribution in [1.29, 1.82) is 0 Å². The normalized spacial score (nSPS) is 16.0. The molecule has 47 heavy (non-hydrogen) atoms. The van der Waals surface area contributed by atoms with Gasteiger partial charge in [-0.05, 0) is 38.1 Å². The van der Waals surface area contributed by atoms with Gasteiger partial charge < -0.3 is 9.84 Å². The van der Waals surface area contributed by atoms with Crippen molar-refractivity contribution in [3.63, 3.8) is 0 Å². The van der Waals surface area contributed by atoms with Gasteiger partial charge in [0.2, 0.25) is 0 Å². The fourth-order valence-corrected chi connectivity index (χ4v) is 5.17. The molecule has 0 radical (unpaired) electrons. The van der Waals surface area contributed by atoms with E-state index in [0.29, 0.717) is 50.3 Å². The summed E-state index contributed by atoms with van der Waals surface area (Å²) in [6.07, 6.45) is 2.74. The van der Waals surface area contributed by atoms with Crippen LogP contribution in [0.15, 0.2) is 85.4 Å². The van der Waals surface area contributed by atoms with Crippen molar-refractivity contribution in [2.45, 2.75) is 66.5 Å². The number of rotatable bonds is 7. The lowest BCUT2D eigenvalue weighted by Gasteiger charge is -2.37. The number of hydrogen-bond acceptors (Lipinski definition) is 5. The van der Waals surface area contributed by atoms with Crippen LogP contribution in [0.25, 0.3) is 5.57 Å². The van der Waals surface area contributed by atoms with Gasteiger partial charge >= 0.3 is 12.1 Å². The topological polar surface area (TPSA) is 98.8 Å². The van der Waals surface area contributed by atoms with Gasteiger partial charge in [-0.2, -0.15) is 5.10 Å². The van der Waals surface area contributed by atoms with Crippen LogP contribution in [0.5, 0.6) is 0 Å². The molecular weight excluding hydrogens is 609 g/mol. The zero-order valence-corrected chi connectivity index (χ0v) is 27.9. The lowest BCUT2D eigenvalue weighted by atomic mass is 9.91. The third-order valence-corrected chi connectivity index (χ3v) is 7.46. The van der Waals surface area contributed by atoms with Crippen LogP contribution in [0.3, 0.4) is 0 Å². The molecule has 0 unspecified atom stereocenters. The number of amides is 1. The van der Waals surface area contributed by atoms with Gasteiger partial charge in [-0.1, -0.05) is 75.7 Å². The maximum atomic E-state index is 14.2. The van der Waals surface area contributed by atoms with E-state index in [-0.39, 0.29) is 16.8 Å². The molecule has 3 heterocycles. The van der Waals surface area contributed by atoms with Crippen LogP contribution in [0.1, 0.15) is 73.3 Å². The highest BCUT2D eigenvalue weighted by Crippen LogP contribution is 2.36. The van der Waals surface area contributed by atoms with Crippen LogP contribution >= 0.6 is 0 Å². The number of anilines is 1. The standard InChI is InChI=1S/C24H23F3N4O4.C8H10.2C2H6/c1-2-18(20(27)19(26)11-25)21-16(12-28-29-21)13-30-9-7-24(8-10-30)14-31(23(34)35-24)17-5-3-15(4-6-17)22(32)33;1-7-4-3-5-8(2)6-7;2*1-2/h2-6,11-12H,1,7-10,13-14H2,(H,28,29)(H,32,33);3-6H,1-2H3;2*1-2H3/b19-11-,20-18-;;;. The van der Waals surface area contributed by atoms with Gasteiger partial charge in [0.05, 0.1) is 24.0 Å². The molecule has 8 nitrogen and oxygen atoms in total. The van der Waals surface area contributed by atoms with Crippen molar-refractivity contribution in [3.05, 3.63) is 113 Å². The molecule has 11 heteroatoms. The number of H-pyrrole nitrogens is 1. The van der Waals surface area contributed by atoms with Crippen molar-refractivity contribution in [1.82, 2.24) is 15.1 Å². The highest BCUT2D eigenvalue weighted by molar-refractivity contribution is 5.92. The number of carboxylic acids is 1. The Morgan fingerprint density at radius 2 is 1.66 bits per heavy atom. The predicted molar refractivity (Wildman–Crippen MR) is 180 cm³/mol. The molecule has 1 spiro atoms. The Labute approximate surface area is 275 Å². The maximum Gasteiger partial charge on any atom is 0.415 e. The van der Waals surface area contributed by atoms with E-state index in [1.54, 1.807) is 12.1 Å². The number of ether oxygens (including phenoxy) is 1. The zero-order valence-electron chi connectivity index (χ0n) is 27.9. The second-order valence-corrected chi connectivity index (χ2v) is 10.6. The summed E-state index contributed by atoms with van der Waals surface area (Å²) < 4.78 is 45.9. The smallest absolute Gasteiger partial charge is 0.415 e. The lowest BCUT2D eigenvalue weighted by molar-refractivity contribution is -0.000989. The van der Waals surface area contributed by atoms with Gasteiger partial charge in [0.15, 0.2) is 11.7 Å². The first-order valence-corrected chi connectivity index (χ1v) is 15.7. The minimum absolute atomic E-state index is 0.126. The molecule has 254 valence electrons. The Balaban J connectivity index is 0.000000547. The molecular formula is C36H45F3N4O4. The number of aromatic carboxylic acids is 1. The number of aryl methyl sites for hydroxylation is 2. The number of aromatic nitrogens is 2. The summed E-state index contributed by atoms with van der Waals surface area (Å²) in [4.78, 5) is 27.2. The quantitative estimate of drug-likeness (QED) is 0.247. The van der Waals surface area contributed by atoms with Crippen LogP contribution in [0.4, 0.5) is 23.7 Å². The first-order valence-electron chi connectivity index (χ1n) is 15.7. The molecule has 2 N–H and O–H groups in total. The van der Waals surface area contributed by atoms with Crippen LogP contribution in [0.2, 0.25) is 0 Å². The number of carbonyl (C=O) groups excluding carboxylic acids is 1. The van der Waals surface area contributed by atoms with E-state index in [0.717, 1.165) is 6.08 Å². The maximum absolute atomic E-state index is 14.2. The van der Waals surface area contributed by atoms with Gasteiger partial charge in [0.25, 0.3) is 0 Å². The number of allylic oxidation sites excluding steroid dienone is 4. The second-order valence-electron chi connectivity index (χ2n) is 10.6. The molecule has 1 amide bonds. The molecule has 0 saturated carbocycles. The summed E-state index contributed by atoms with van der Waals surface area (Å²) in [5.74, 6) is -4.06. The fraction of sp³-hybridized carbons (Fsp3) is 0.361. The summed E-state index contributed by atoms with van der Waals surface area (Å²) in [5, 5.41) is 15.6. The monoisotopic (exact) mass is 654 g/mol. The number of benzene rings is 2. The second kappa shape index (κ2) is 18.5. The van der Waals surface area contributed by atoms with Crippen molar-refractivity contribution in [2.24, 2.45) is 0 Å².